The largest absolute Gasteiger partial charge is 0.309 e. The van der Waals surface area contributed by atoms with Crippen molar-refractivity contribution in [3.8, 4) is 0 Å². The zero-order chi connectivity index (χ0) is 14.8. The lowest BCUT2D eigenvalue weighted by atomic mass is 10.1. The summed E-state index contributed by atoms with van der Waals surface area (Å²) in [5.41, 5.74) is 0.671. The van der Waals surface area contributed by atoms with E-state index in [2.05, 4.69) is 17.3 Å². The maximum atomic E-state index is 11.8. The van der Waals surface area contributed by atoms with Gasteiger partial charge in [-0.1, -0.05) is 17.7 Å². The second-order valence-electron chi connectivity index (χ2n) is 5.47. The molecule has 6 heteroatoms. The maximum Gasteiger partial charge on any atom is 0.175 e. The predicted molar refractivity (Wildman–Crippen MR) is 81.9 cm³/mol. The number of rotatable bonds is 4. The van der Waals surface area contributed by atoms with E-state index >= 15 is 0 Å². The van der Waals surface area contributed by atoms with Gasteiger partial charge in [0.2, 0.25) is 0 Å². The molecule has 0 amide bonds. The Bertz CT molecular complexity index is 575. The van der Waals surface area contributed by atoms with E-state index in [-0.39, 0.29) is 0 Å². The number of likely N-dealkylation sites (N-methyl/N-ethyl adjacent to an activating group) is 1. The normalized spacial score (nSPS) is 21.1. The fourth-order valence-corrected chi connectivity index (χ4v) is 3.89. The van der Waals surface area contributed by atoms with Crippen LogP contribution in [0.15, 0.2) is 23.1 Å². The van der Waals surface area contributed by atoms with Gasteiger partial charge in [-0.25, -0.2) is 8.42 Å². The lowest BCUT2D eigenvalue weighted by molar-refractivity contribution is 0.226. The van der Waals surface area contributed by atoms with Gasteiger partial charge in [-0.05, 0) is 38.6 Å². The lowest BCUT2D eigenvalue weighted by Gasteiger charge is -2.30. The average Bonchev–Trinajstić information content (AvgIpc) is 2.36. The molecular weight excluding hydrogens is 296 g/mol. The van der Waals surface area contributed by atoms with Gasteiger partial charge in [-0.3, -0.25) is 0 Å². The quantitative estimate of drug-likeness (QED) is 0.922. The minimum absolute atomic E-state index is 0.321. The first-order chi connectivity index (χ1) is 9.38. The van der Waals surface area contributed by atoms with Gasteiger partial charge in [0.15, 0.2) is 9.84 Å². The number of nitrogens with one attached hydrogen (secondary N) is 1. The van der Waals surface area contributed by atoms with Crippen molar-refractivity contribution in [1.29, 1.82) is 0 Å². The molecule has 1 aromatic carbocycles. The van der Waals surface area contributed by atoms with Crippen LogP contribution < -0.4 is 5.32 Å². The second kappa shape index (κ2) is 6.43. The molecule has 4 nitrogen and oxygen atoms in total. The first kappa shape index (κ1) is 15.8. The summed E-state index contributed by atoms with van der Waals surface area (Å²) in [6, 6.07) is 5.42. The highest BCUT2D eigenvalue weighted by Gasteiger charge is 2.19. The van der Waals surface area contributed by atoms with Crippen molar-refractivity contribution in [1.82, 2.24) is 10.2 Å². The SMILES string of the molecule is CN1CCCC(NCc2c(Cl)cccc2S(C)(=O)=O)C1. The summed E-state index contributed by atoms with van der Waals surface area (Å²) in [6.07, 6.45) is 3.50. The van der Waals surface area contributed by atoms with Crippen LogP contribution in [0.1, 0.15) is 18.4 Å². The minimum Gasteiger partial charge on any atom is -0.309 e. The standard InChI is InChI=1S/C14H21ClN2O2S/c1-17-8-4-5-11(10-17)16-9-12-13(15)6-3-7-14(12)20(2,18)19/h3,6-7,11,16H,4-5,8-10H2,1-2H3. The van der Waals surface area contributed by atoms with Gasteiger partial charge in [0.25, 0.3) is 0 Å². The Morgan fingerprint density at radius 3 is 2.85 bits per heavy atom. The van der Waals surface area contributed by atoms with Gasteiger partial charge >= 0.3 is 0 Å². The van der Waals surface area contributed by atoms with Crippen molar-refractivity contribution >= 4 is 21.4 Å². The molecule has 0 saturated carbocycles. The summed E-state index contributed by atoms with van der Waals surface area (Å²) in [6.45, 7) is 2.60. The molecule has 1 heterocycles. The molecule has 1 atom stereocenters. The Labute approximate surface area is 126 Å². The fraction of sp³-hybridized carbons (Fsp3) is 0.571. The zero-order valence-corrected chi connectivity index (χ0v) is 13.5. The molecule has 1 aliphatic rings. The molecule has 2 rings (SSSR count). The number of hydrogen-bond acceptors (Lipinski definition) is 4. The van der Waals surface area contributed by atoms with Crippen molar-refractivity contribution in [3.63, 3.8) is 0 Å². The van der Waals surface area contributed by atoms with Crippen LogP contribution in [-0.2, 0) is 16.4 Å². The van der Waals surface area contributed by atoms with Crippen LogP contribution in [-0.4, -0.2) is 45.8 Å². The van der Waals surface area contributed by atoms with Crippen LogP contribution in [0.2, 0.25) is 5.02 Å². The molecule has 112 valence electrons. The molecule has 0 aliphatic carbocycles. The van der Waals surface area contributed by atoms with Crippen molar-refractivity contribution in [2.75, 3.05) is 26.4 Å². The summed E-state index contributed by atoms with van der Waals surface area (Å²) in [5, 5.41) is 3.94. The molecule has 1 aromatic rings. The van der Waals surface area contributed by atoms with Crippen LogP contribution in [0.5, 0.6) is 0 Å². The summed E-state index contributed by atoms with van der Waals surface area (Å²) < 4.78 is 23.6. The molecule has 0 bridgehead atoms. The van der Waals surface area contributed by atoms with E-state index in [0.29, 0.717) is 28.1 Å². The summed E-state index contributed by atoms with van der Waals surface area (Å²) in [7, 11) is -1.15. The van der Waals surface area contributed by atoms with E-state index in [0.717, 1.165) is 25.9 Å². The van der Waals surface area contributed by atoms with Gasteiger partial charge in [-0.15, -0.1) is 0 Å². The van der Waals surface area contributed by atoms with E-state index in [1.807, 2.05) is 0 Å². The van der Waals surface area contributed by atoms with Crippen molar-refractivity contribution in [2.45, 2.75) is 30.3 Å². The molecule has 1 aliphatic heterocycles. The van der Waals surface area contributed by atoms with Crippen molar-refractivity contribution in [2.24, 2.45) is 0 Å². The van der Waals surface area contributed by atoms with Gasteiger partial charge in [-0.2, -0.15) is 0 Å². The first-order valence-electron chi connectivity index (χ1n) is 6.77. The number of likely N-dealkylation sites (tertiary alicyclic amines) is 1. The third-order valence-corrected chi connectivity index (χ3v) is 5.20. The summed E-state index contributed by atoms with van der Waals surface area (Å²) in [4.78, 5) is 2.60. The third-order valence-electron chi connectivity index (χ3n) is 3.67. The molecule has 0 spiro atoms. The summed E-state index contributed by atoms with van der Waals surface area (Å²) in [5.74, 6) is 0. The fourth-order valence-electron chi connectivity index (χ4n) is 2.64. The molecule has 1 N–H and O–H groups in total. The number of sulfone groups is 1. The van der Waals surface area contributed by atoms with Gasteiger partial charge < -0.3 is 10.2 Å². The topological polar surface area (TPSA) is 49.4 Å². The van der Waals surface area contributed by atoms with Gasteiger partial charge in [0.05, 0.1) is 4.90 Å². The number of piperidine rings is 1. The Kier molecular flexibility index (Phi) is 5.07. The average molecular weight is 317 g/mol. The van der Waals surface area contributed by atoms with Crippen LogP contribution >= 0.6 is 11.6 Å². The molecule has 1 unspecified atom stereocenters. The third kappa shape index (κ3) is 3.95. The molecular formula is C14H21ClN2O2S. The number of nitrogens with zero attached hydrogens (tertiary/aromatic N) is 1. The van der Waals surface area contributed by atoms with E-state index < -0.39 is 9.84 Å². The first-order valence-corrected chi connectivity index (χ1v) is 9.04. The monoisotopic (exact) mass is 316 g/mol. The maximum absolute atomic E-state index is 11.8. The highest BCUT2D eigenvalue weighted by molar-refractivity contribution is 7.90. The van der Waals surface area contributed by atoms with Crippen molar-refractivity contribution < 1.29 is 8.42 Å². The van der Waals surface area contributed by atoms with E-state index in [1.54, 1.807) is 18.2 Å². The number of hydrogen-bond donors (Lipinski definition) is 1. The molecule has 0 aromatic heterocycles. The highest BCUT2D eigenvalue weighted by atomic mass is 35.5. The van der Waals surface area contributed by atoms with Gasteiger partial charge in [0, 0.05) is 36.0 Å². The van der Waals surface area contributed by atoms with E-state index in [4.69, 9.17) is 11.6 Å². The Hall–Kier alpha value is -0.620. The smallest absolute Gasteiger partial charge is 0.175 e. The number of halogens is 1. The highest BCUT2D eigenvalue weighted by Crippen LogP contribution is 2.24. The van der Waals surface area contributed by atoms with Crippen LogP contribution in [0.4, 0.5) is 0 Å². The molecule has 1 fully saturated rings. The predicted octanol–water partition coefficient (Wildman–Crippen LogP) is 1.93. The van der Waals surface area contributed by atoms with E-state index in [1.165, 1.54) is 6.26 Å². The Morgan fingerprint density at radius 1 is 1.45 bits per heavy atom. The minimum atomic E-state index is -3.25. The van der Waals surface area contributed by atoms with Crippen LogP contribution in [0, 0.1) is 0 Å². The lowest BCUT2D eigenvalue weighted by Crippen LogP contribution is -2.43. The Balaban J connectivity index is 2.13. The molecule has 0 radical (unpaired) electrons. The van der Waals surface area contributed by atoms with Crippen molar-refractivity contribution in [3.05, 3.63) is 28.8 Å². The van der Waals surface area contributed by atoms with E-state index in [9.17, 15) is 8.42 Å². The van der Waals surface area contributed by atoms with Gasteiger partial charge in [0.1, 0.15) is 0 Å². The summed E-state index contributed by atoms with van der Waals surface area (Å²) >= 11 is 6.17. The van der Waals surface area contributed by atoms with Crippen LogP contribution in [0.25, 0.3) is 0 Å². The zero-order valence-electron chi connectivity index (χ0n) is 11.9. The molecule has 1 saturated heterocycles. The van der Waals surface area contributed by atoms with Crippen LogP contribution in [0.3, 0.4) is 0 Å². The second-order valence-corrected chi connectivity index (χ2v) is 7.86. The molecule has 20 heavy (non-hydrogen) atoms. The number of benzene rings is 1. The Morgan fingerprint density at radius 2 is 2.20 bits per heavy atom.